The molecule has 0 aromatic rings. The Morgan fingerprint density at radius 3 is 2.73 bits per heavy atom. The Morgan fingerprint density at radius 1 is 1.73 bits per heavy atom. The van der Waals surface area contributed by atoms with Crippen LogP contribution in [0.1, 0.15) is 13.8 Å². The molecule has 11 heavy (non-hydrogen) atoms. The zero-order chi connectivity index (χ0) is 8.69. The van der Waals surface area contributed by atoms with Crippen LogP contribution in [0.2, 0.25) is 0 Å². The minimum Gasteiger partial charge on any atom is -0.608 e. The van der Waals surface area contributed by atoms with E-state index in [1.54, 1.807) is 19.9 Å². The summed E-state index contributed by atoms with van der Waals surface area (Å²) in [6, 6.07) is 0. The van der Waals surface area contributed by atoms with Gasteiger partial charge in [0.2, 0.25) is 5.39 Å². The summed E-state index contributed by atoms with van der Waals surface area (Å²) in [5.41, 5.74) is -0.0886. The molecule has 0 unspecified atom stereocenters. The molecule has 0 N–H and O–H groups in total. The van der Waals surface area contributed by atoms with E-state index < -0.39 is 5.95 Å². The van der Waals surface area contributed by atoms with Crippen LogP contribution in [0, 0.1) is 5.39 Å². The standard InChI is InChI=1S/C7H10N2O2/c1-3-5-6(9-8)7(10)11-4-2/h3,5H,4H2,1-2H3. The molecule has 0 aromatic carbocycles. The minimum absolute atomic E-state index is 0.0886. The van der Waals surface area contributed by atoms with Crippen LogP contribution in [0.3, 0.4) is 0 Å². The van der Waals surface area contributed by atoms with Crippen molar-refractivity contribution in [2.24, 2.45) is 0 Å². The molecule has 60 valence electrons. The summed E-state index contributed by atoms with van der Waals surface area (Å²) in [7, 11) is 0. The number of hydrogen-bond acceptors (Lipinski definition) is 3. The highest BCUT2D eigenvalue weighted by Crippen LogP contribution is 2.03. The average Bonchev–Trinajstić information content (AvgIpc) is 2.00. The van der Waals surface area contributed by atoms with Crippen molar-refractivity contribution in [2.75, 3.05) is 6.61 Å². The summed E-state index contributed by atoms with van der Waals surface area (Å²) in [6.07, 6.45) is 2.96. The van der Waals surface area contributed by atoms with E-state index in [1.807, 2.05) is 0 Å². The molecule has 0 spiro atoms. The van der Waals surface area contributed by atoms with E-state index in [9.17, 15) is 5.11 Å². The number of allylic oxidation sites excluding steroid dienone is 2. The van der Waals surface area contributed by atoms with Gasteiger partial charge in [0, 0.05) is 6.08 Å². The molecule has 0 aliphatic rings. The average molecular weight is 154 g/mol. The first-order valence-corrected chi connectivity index (χ1v) is 3.28. The Kier molecular flexibility index (Phi) is 4.58. The summed E-state index contributed by atoms with van der Waals surface area (Å²) in [5, 5.41) is 19.1. The van der Waals surface area contributed by atoms with E-state index in [0.717, 1.165) is 0 Å². The maximum absolute atomic E-state index is 10.8. The largest absolute Gasteiger partial charge is 0.608 e. The van der Waals surface area contributed by atoms with Crippen molar-refractivity contribution in [2.45, 2.75) is 13.8 Å². The lowest BCUT2D eigenvalue weighted by Gasteiger charge is -2.07. The summed E-state index contributed by atoms with van der Waals surface area (Å²) >= 11 is 0. The van der Waals surface area contributed by atoms with Crippen LogP contribution >= 0.6 is 0 Å². The Morgan fingerprint density at radius 2 is 2.36 bits per heavy atom. The fourth-order valence-electron chi connectivity index (χ4n) is 0.505. The maximum atomic E-state index is 10.8. The molecule has 0 rings (SSSR count). The molecule has 0 heterocycles. The van der Waals surface area contributed by atoms with Crippen molar-refractivity contribution in [1.82, 2.24) is 0 Å². The van der Waals surface area contributed by atoms with Gasteiger partial charge in [-0.2, -0.15) is 0 Å². The molecule has 0 saturated heterocycles. The predicted molar refractivity (Wildman–Crippen MR) is 38.6 cm³/mol. The van der Waals surface area contributed by atoms with E-state index in [0.29, 0.717) is 0 Å². The summed E-state index contributed by atoms with van der Waals surface area (Å²) in [6.45, 7) is 3.67. The van der Waals surface area contributed by atoms with Gasteiger partial charge < -0.3 is 9.84 Å². The summed E-state index contributed by atoms with van der Waals surface area (Å²) < 4.78 is 4.57. The van der Waals surface area contributed by atoms with Gasteiger partial charge in [0.05, 0.1) is 0 Å². The van der Waals surface area contributed by atoms with Crippen LogP contribution in [0.4, 0.5) is 0 Å². The minimum atomic E-state index is -0.617. The molecular weight excluding hydrogens is 144 g/mol. The second-order valence-electron chi connectivity index (χ2n) is 1.71. The Balaban J connectivity index is 4.43. The normalized spacial score (nSPS) is 12.5. The molecule has 0 fully saturated rings. The van der Waals surface area contributed by atoms with Crippen LogP contribution in [0.15, 0.2) is 23.8 Å². The topological polar surface area (TPSA) is 60.4 Å². The first-order chi connectivity index (χ1) is 5.26. The lowest BCUT2D eigenvalue weighted by molar-refractivity contribution is -0.357. The number of diazo groups is 1. The summed E-state index contributed by atoms with van der Waals surface area (Å²) in [5.74, 6) is -0.617. The molecule has 0 bridgehead atoms. The Hall–Kier alpha value is -1.50. The monoisotopic (exact) mass is 154 g/mol. The van der Waals surface area contributed by atoms with Crippen LogP contribution in [0.25, 0.3) is 4.98 Å². The van der Waals surface area contributed by atoms with Gasteiger partial charge in [0.25, 0.3) is 0 Å². The molecular formula is C7H10N2O2. The van der Waals surface area contributed by atoms with E-state index in [2.05, 4.69) is 9.71 Å². The molecule has 0 radical (unpaired) electrons. The lowest BCUT2D eigenvalue weighted by atomic mass is 10.4. The van der Waals surface area contributed by atoms with Gasteiger partial charge in [-0.1, -0.05) is 13.0 Å². The number of hydrogen-bond donors (Lipinski definition) is 0. The fraction of sp³-hybridized carbons (Fsp3) is 0.429. The van der Waals surface area contributed by atoms with Crippen molar-refractivity contribution < 1.29 is 9.84 Å². The molecule has 0 amide bonds. The Bertz CT molecular complexity index is 213. The first kappa shape index (κ1) is 9.50. The van der Waals surface area contributed by atoms with Gasteiger partial charge in [-0.25, -0.2) is 0 Å². The van der Waals surface area contributed by atoms with Crippen molar-refractivity contribution in [1.29, 1.82) is 5.39 Å². The molecule has 0 aliphatic carbocycles. The van der Waals surface area contributed by atoms with E-state index in [4.69, 9.17) is 5.39 Å². The van der Waals surface area contributed by atoms with Gasteiger partial charge >= 0.3 is 5.70 Å². The van der Waals surface area contributed by atoms with Crippen LogP contribution in [0.5, 0.6) is 0 Å². The molecule has 0 aromatic heterocycles. The van der Waals surface area contributed by atoms with E-state index in [-0.39, 0.29) is 12.3 Å². The second-order valence-corrected chi connectivity index (χ2v) is 1.71. The molecule has 0 saturated carbocycles. The SMILES string of the molecule is CC=CC([N+]#N)=C([O-])OCC. The van der Waals surface area contributed by atoms with Gasteiger partial charge in [-0.15, -0.1) is 0 Å². The highest BCUT2D eigenvalue weighted by Gasteiger charge is 2.06. The van der Waals surface area contributed by atoms with Crippen molar-refractivity contribution in [3.05, 3.63) is 28.8 Å². The highest BCUT2D eigenvalue weighted by atomic mass is 16.6. The zero-order valence-corrected chi connectivity index (χ0v) is 6.57. The predicted octanol–water partition coefficient (Wildman–Crippen LogP) is 0.981. The Labute approximate surface area is 65.4 Å². The fourth-order valence-corrected chi connectivity index (χ4v) is 0.505. The second kappa shape index (κ2) is 5.30. The zero-order valence-electron chi connectivity index (χ0n) is 6.57. The van der Waals surface area contributed by atoms with Gasteiger partial charge in [0.1, 0.15) is 0 Å². The van der Waals surface area contributed by atoms with E-state index in [1.165, 1.54) is 6.08 Å². The molecule has 4 nitrogen and oxygen atoms in total. The van der Waals surface area contributed by atoms with Crippen molar-refractivity contribution in [3.8, 4) is 0 Å². The van der Waals surface area contributed by atoms with Gasteiger partial charge in [-0.05, 0) is 13.5 Å². The van der Waals surface area contributed by atoms with Crippen LogP contribution in [-0.4, -0.2) is 6.61 Å². The maximum Gasteiger partial charge on any atom is 0.406 e. The van der Waals surface area contributed by atoms with Crippen molar-refractivity contribution >= 4 is 0 Å². The first-order valence-electron chi connectivity index (χ1n) is 3.28. The van der Waals surface area contributed by atoms with Crippen LogP contribution in [-0.2, 0) is 4.74 Å². The smallest absolute Gasteiger partial charge is 0.406 e. The quantitative estimate of drug-likeness (QED) is 0.346. The number of nitrogens with zero attached hydrogens (tertiary/aromatic N) is 2. The van der Waals surface area contributed by atoms with E-state index >= 15 is 0 Å². The third-order valence-electron chi connectivity index (χ3n) is 0.917. The molecule has 0 aliphatic heterocycles. The number of ether oxygens (including phenoxy) is 1. The number of rotatable bonds is 3. The summed E-state index contributed by atoms with van der Waals surface area (Å²) in [4.78, 5) is 2.75. The van der Waals surface area contributed by atoms with Crippen molar-refractivity contribution in [3.63, 3.8) is 0 Å². The third-order valence-corrected chi connectivity index (χ3v) is 0.917. The highest BCUT2D eigenvalue weighted by molar-refractivity contribution is 5.23. The van der Waals surface area contributed by atoms with Crippen LogP contribution < -0.4 is 5.11 Å². The molecule has 4 heteroatoms. The van der Waals surface area contributed by atoms with Gasteiger partial charge in [0.15, 0.2) is 10.9 Å². The molecule has 0 atom stereocenters. The third kappa shape index (κ3) is 3.26. The lowest BCUT2D eigenvalue weighted by Crippen LogP contribution is -2.09. The van der Waals surface area contributed by atoms with Gasteiger partial charge in [-0.3, -0.25) is 0 Å².